The molecule has 0 aliphatic heterocycles. The molecule has 2 aromatic rings. The molecule has 0 bridgehead atoms. The maximum Gasteiger partial charge on any atom is 0.273 e. The minimum atomic E-state index is -0.507. The van der Waals surface area contributed by atoms with Gasteiger partial charge < -0.3 is 0 Å². The molecule has 6 nitrogen and oxygen atoms in total. The van der Waals surface area contributed by atoms with E-state index in [1.54, 1.807) is 19.2 Å². The van der Waals surface area contributed by atoms with E-state index in [0.29, 0.717) is 5.56 Å². The normalized spacial score (nSPS) is 12.1. The summed E-state index contributed by atoms with van der Waals surface area (Å²) in [6, 6.07) is 14.1. The molecule has 0 aromatic heterocycles. The molecule has 0 aliphatic rings. The zero-order chi connectivity index (χ0) is 16.8. The number of nitro groups is 1. The zero-order valence-corrected chi connectivity index (χ0v) is 12.9. The standard InChI is InChI=1S/C17H17N3O3/c1-12-8-9-15(10-16(12)20(22)23)17(21)19-18-11-13(2)14-6-4-3-5-7-14/h3-11,13H,1-2H3,(H,19,21). The van der Waals surface area contributed by atoms with Gasteiger partial charge in [0, 0.05) is 29.3 Å². The van der Waals surface area contributed by atoms with Crippen molar-refractivity contribution in [2.75, 3.05) is 0 Å². The molecule has 1 N–H and O–H groups in total. The number of aryl methyl sites for hydroxylation is 1. The Morgan fingerprint density at radius 2 is 1.96 bits per heavy atom. The number of hydrazone groups is 1. The Morgan fingerprint density at radius 1 is 1.26 bits per heavy atom. The van der Waals surface area contributed by atoms with E-state index in [1.807, 2.05) is 37.3 Å². The third-order valence-electron chi connectivity index (χ3n) is 3.46. The van der Waals surface area contributed by atoms with Crippen molar-refractivity contribution in [3.8, 4) is 0 Å². The summed E-state index contributed by atoms with van der Waals surface area (Å²) in [6.07, 6.45) is 1.62. The fraction of sp³-hybridized carbons (Fsp3) is 0.176. The van der Waals surface area contributed by atoms with Gasteiger partial charge in [-0.1, -0.05) is 43.3 Å². The number of carbonyl (C=O) groups excluding carboxylic acids is 1. The van der Waals surface area contributed by atoms with Crippen molar-refractivity contribution in [3.63, 3.8) is 0 Å². The monoisotopic (exact) mass is 311 g/mol. The van der Waals surface area contributed by atoms with Gasteiger partial charge in [0.05, 0.1) is 4.92 Å². The summed E-state index contributed by atoms with van der Waals surface area (Å²) in [5, 5.41) is 14.8. The summed E-state index contributed by atoms with van der Waals surface area (Å²) in [5.41, 5.74) is 4.10. The van der Waals surface area contributed by atoms with E-state index in [-0.39, 0.29) is 17.2 Å². The van der Waals surface area contributed by atoms with Crippen LogP contribution < -0.4 is 5.43 Å². The largest absolute Gasteiger partial charge is 0.273 e. The lowest BCUT2D eigenvalue weighted by Gasteiger charge is -2.06. The van der Waals surface area contributed by atoms with Crippen molar-refractivity contribution in [1.82, 2.24) is 5.43 Å². The Balaban J connectivity index is 2.04. The molecule has 0 fully saturated rings. The van der Waals surface area contributed by atoms with Gasteiger partial charge in [0.2, 0.25) is 0 Å². The van der Waals surface area contributed by atoms with Crippen LogP contribution in [0.4, 0.5) is 5.69 Å². The lowest BCUT2D eigenvalue weighted by molar-refractivity contribution is -0.385. The lowest BCUT2D eigenvalue weighted by atomic mass is 10.0. The van der Waals surface area contributed by atoms with E-state index >= 15 is 0 Å². The number of carbonyl (C=O) groups is 1. The molecule has 0 radical (unpaired) electrons. The molecule has 0 saturated carbocycles. The average Bonchev–Trinajstić information content (AvgIpc) is 2.55. The minimum absolute atomic E-state index is 0.0452. The quantitative estimate of drug-likeness (QED) is 0.521. The van der Waals surface area contributed by atoms with Crippen LogP contribution in [0.3, 0.4) is 0 Å². The summed E-state index contributed by atoms with van der Waals surface area (Å²) in [5.74, 6) is -0.437. The molecule has 2 aromatic carbocycles. The lowest BCUT2D eigenvalue weighted by Crippen LogP contribution is -2.18. The molecule has 23 heavy (non-hydrogen) atoms. The summed E-state index contributed by atoms with van der Waals surface area (Å²) >= 11 is 0. The van der Waals surface area contributed by atoms with Crippen LogP contribution in [0.25, 0.3) is 0 Å². The van der Waals surface area contributed by atoms with Crippen molar-refractivity contribution in [2.45, 2.75) is 19.8 Å². The average molecular weight is 311 g/mol. The van der Waals surface area contributed by atoms with Gasteiger partial charge in [-0.3, -0.25) is 14.9 Å². The van der Waals surface area contributed by atoms with Crippen LogP contribution in [0.1, 0.15) is 34.3 Å². The highest BCUT2D eigenvalue weighted by Gasteiger charge is 2.14. The van der Waals surface area contributed by atoms with Crippen molar-refractivity contribution in [3.05, 3.63) is 75.3 Å². The Hall–Kier alpha value is -3.02. The third kappa shape index (κ3) is 4.23. The number of benzene rings is 2. The maximum atomic E-state index is 12.0. The highest BCUT2D eigenvalue weighted by molar-refractivity contribution is 5.95. The molecule has 0 saturated heterocycles. The van der Waals surface area contributed by atoms with E-state index in [1.165, 1.54) is 12.1 Å². The fourth-order valence-electron chi connectivity index (χ4n) is 2.06. The molecule has 0 spiro atoms. The van der Waals surface area contributed by atoms with Crippen LogP contribution in [0, 0.1) is 17.0 Å². The highest BCUT2D eigenvalue weighted by atomic mass is 16.6. The minimum Gasteiger partial charge on any atom is -0.267 e. The van der Waals surface area contributed by atoms with Gasteiger partial charge in [0.1, 0.15) is 0 Å². The van der Waals surface area contributed by atoms with Gasteiger partial charge in [-0.25, -0.2) is 5.43 Å². The fourth-order valence-corrected chi connectivity index (χ4v) is 2.06. The number of amides is 1. The first kappa shape index (κ1) is 16.4. The molecule has 2 rings (SSSR count). The third-order valence-corrected chi connectivity index (χ3v) is 3.46. The first-order valence-corrected chi connectivity index (χ1v) is 7.12. The Kier molecular flexibility index (Phi) is 5.19. The second-order valence-corrected chi connectivity index (χ2v) is 5.18. The van der Waals surface area contributed by atoms with Crippen molar-refractivity contribution >= 4 is 17.8 Å². The van der Waals surface area contributed by atoms with E-state index in [2.05, 4.69) is 10.5 Å². The summed E-state index contributed by atoms with van der Waals surface area (Å²) in [4.78, 5) is 22.4. The maximum absolute atomic E-state index is 12.0. The van der Waals surface area contributed by atoms with Gasteiger partial charge in [0.25, 0.3) is 11.6 Å². The number of hydrogen-bond acceptors (Lipinski definition) is 4. The number of nitrogens with one attached hydrogen (secondary N) is 1. The molecule has 0 heterocycles. The smallest absolute Gasteiger partial charge is 0.267 e. The second-order valence-electron chi connectivity index (χ2n) is 5.18. The molecular formula is C17H17N3O3. The number of nitro benzene ring substituents is 1. The van der Waals surface area contributed by atoms with Crippen LogP contribution in [0.15, 0.2) is 53.6 Å². The first-order valence-electron chi connectivity index (χ1n) is 7.12. The number of hydrogen-bond donors (Lipinski definition) is 1. The number of rotatable bonds is 5. The molecule has 1 unspecified atom stereocenters. The summed E-state index contributed by atoms with van der Waals surface area (Å²) in [7, 11) is 0. The number of nitrogens with zero attached hydrogens (tertiary/aromatic N) is 2. The molecular weight excluding hydrogens is 294 g/mol. The molecule has 118 valence electrons. The summed E-state index contributed by atoms with van der Waals surface area (Å²) < 4.78 is 0. The summed E-state index contributed by atoms with van der Waals surface area (Å²) in [6.45, 7) is 3.58. The van der Waals surface area contributed by atoms with Crippen LogP contribution >= 0.6 is 0 Å². The van der Waals surface area contributed by atoms with Crippen molar-refractivity contribution in [2.24, 2.45) is 5.10 Å². The first-order chi connectivity index (χ1) is 11.0. The SMILES string of the molecule is Cc1ccc(C(=O)NN=CC(C)c2ccccc2)cc1[N+](=O)[O-]. The Bertz CT molecular complexity index is 742. The topological polar surface area (TPSA) is 84.6 Å². The molecule has 1 amide bonds. The van der Waals surface area contributed by atoms with Crippen LogP contribution in [-0.2, 0) is 0 Å². The van der Waals surface area contributed by atoms with Gasteiger partial charge >= 0.3 is 0 Å². The van der Waals surface area contributed by atoms with Crippen LogP contribution in [0.5, 0.6) is 0 Å². The van der Waals surface area contributed by atoms with E-state index < -0.39 is 10.8 Å². The van der Waals surface area contributed by atoms with E-state index in [0.717, 1.165) is 5.56 Å². The van der Waals surface area contributed by atoms with Crippen LogP contribution in [0.2, 0.25) is 0 Å². The molecule has 1 atom stereocenters. The highest BCUT2D eigenvalue weighted by Crippen LogP contribution is 2.19. The van der Waals surface area contributed by atoms with Crippen molar-refractivity contribution < 1.29 is 9.72 Å². The molecule has 0 aliphatic carbocycles. The van der Waals surface area contributed by atoms with Gasteiger partial charge in [-0.05, 0) is 18.6 Å². The predicted octanol–water partition coefficient (Wildman–Crippen LogP) is 3.42. The second kappa shape index (κ2) is 7.31. The van der Waals surface area contributed by atoms with Gasteiger partial charge in [-0.2, -0.15) is 5.10 Å². The van der Waals surface area contributed by atoms with Crippen molar-refractivity contribution in [1.29, 1.82) is 0 Å². The van der Waals surface area contributed by atoms with Gasteiger partial charge in [-0.15, -0.1) is 0 Å². The van der Waals surface area contributed by atoms with E-state index in [4.69, 9.17) is 0 Å². The Labute approximate surface area is 134 Å². The van der Waals surface area contributed by atoms with Gasteiger partial charge in [0.15, 0.2) is 0 Å². The van der Waals surface area contributed by atoms with Crippen LogP contribution in [-0.4, -0.2) is 17.0 Å². The Morgan fingerprint density at radius 3 is 2.61 bits per heavy atom. The van der Waals surface area contributed by atoms with E-state index in [9.17, 15) is 14.9 Å². The predicted molar refractivity (Wildman–Crippen MR) is 88.6 cm³/mol. The molecule has 6 heteroatoms. The zero-order valence-electron chi connectivity index (χ0n) is 12.9.